The molecule has 2 fully saturated rings. The normalized spacial score (nSPS) is 21.2. The number of carbonyl (C=O) groups excluding carboxylic acids is 2. The first-order valence-electron chi connectivity index (χ1n) is 7.65. The standard InChI is InChI=1S/C15H23N3O2/c16-12-15(7-2-3-8-15)14(20)17-9-6-13(19)18-10-4-1-5-11-18/h1-11H2,(H,17,20). The van der Waals surface area contributed by atoms with Crippen molar-refractivity contribution in [2.24, 2.45) is 5.41 Å². The maximum Gasteiger partial charge on any atom is 0.240 e. The lowest BCUT2D eigenvalue weighted by Crippen LogP contribution is -2.41. The van der Waals surface area contributed by atoms with Crippen LogP contribution >= 0.6 is 0 Å². The molecule has 0 aromatic heterocycles. The molecular weight excluding hydrogens is 254 g/mol. The Morgan fingerprint density at radius 2 is 1.75 bits per heavy atom. The minimum atomic E-state index is -0.839. The first-order chi connectivity index (χ1) is 9.68. The largest absolute Gasteiger partial charge is 0.354 e. The zero-order valence-corrected chi connectivity index (χ0v) is 12.0. The molecule has 0 radical (unpaired) electrons. The Morgan fingerprint density at radius 3 is 2.35 bits per heavy atom. The van der Waals surface area contributed by atoms with Gasteiger partial charge in [-0.1, -0.05) is 12.8 Å². The van der Waals surface area contributed by atoms with Crippen LogP contribution in [-0.2, 0) is 9.59 Å². The lowest BCUT2D eigenvalue weighted by Gasteiger charge is -2.27. The van der Waals surface area contributed by atoms with Gasteiger partial charge in [0.1, 0.15) is 5.41 Å². The van der Waals surface area contributed by atoms with E-state index in [0.29, 0.717) is 25.8 Å². The van der Waals surface area contributed by atoms with Crippen molar-refractivity contribution in [2.75, 3.05) is 19.6 Å². The van der Waals surface area contributed by atoms with E-state index in [1.807, 2.05) is 4.90 Å². The van der Waals surface area contributed by atoms with E-state index < -0.39 is 5.41 Å². The van der Waals surface area contributed by atoms with Gasteiger partial charge >= 0.3 is 0 Å². The zero-order chi connectivity index (χ0) is 14.4. The van der Waals surface area contributed by atoms with Gasteiger partial charge in [-0.15, -0.1) is 0 Å². The lowest BCUT2D eigenvalue weighted by atomic mass is 9.87. The molecule has 2 amide bonds. The van der Waals surface area contributed by atoms with E-state index in [-0.39, 0.29) is 11.8 Å². The van der Waals surface area contributed by atoms with Crippen molar-refractivity contribution in [1.82, 2.24) is 10.2 Å². The number of amides is 2. The van der Waals surface area contributed by atoms with Gasteiger partial charge in [0.15, 0.2) is 0 Å². The van der Waals surface area contributed by atoms with Crippen molar-refractivity contribution in [3.63, 3.8) is 0 Å². The number of nitrogens with zero attached hydrogens (tertiary/aromatic N) is 2. The number of rotatable bonds is 4. The molecule has 5 nitrogen and oxygen atoms in total. The summed E-state index contributed by atoms with van der Waals surface area (Å²) in [5.74, 6) is -0.0774. The quantitative estimate of drug-likeness (QED) is 0.848. The van der Waals surface area contributed by atoms with Crippen LogP contribution in [0.1, 0.15) is 51.4 Å². The van der Waals surface area contributed by atoms with Crippen molar-refractivity contribution in [2.45, 2.75) is 51.4 Å². The first-order valence-corrected chi connectivity index (χ1v) is 7.65. The number of hydrogen-bond donors (Lipinski definition) is 1. The van der Waals surface area contributed by atoms with Gasteiger partial charge in [0, 0.05) is 26.1 Å². The van der Waals surface area contributed by atoms with Gasteiger partial charge in [0.05, 0.1) is 6.07 Å². The maximum absolute atomic E-state index is 12.1. The summed E-state index contributed by atoms with van der Waals surface area (Å²) < 4.78 is 0. The summed E-state index contributed by atoms with van der Waals surface area (Å²) in [4.78, 5) is 25.9. The van der Waals surface area contributed by atoms with Crippen LogP contribution in [0.5, 0.6) is 0 Å². The van der Waals surface area contributed by atoms with Crippen molar-refractivity contribution in [3.05, 3.63) is 0 Å². The minimum absolute atomic E-state index is 0.113. The van der Waals surface area contributed by atoms with Gasteiger partial charge < -0.3 is 10.2 Å². The molecule has 2 rings (SSSR count). The summed E-state index contributed by atoms with van der Waals surface area (Å²) in [5, 5.41) is 12.0. The second kappa shape index (κ2) is 6.74. The van der Waals surface area contributed by atoms with E-state index in [1.54, 1.807) is 0 Å². The summed E-state index contributed by atoms with van der Waals surface area (Å²) in [6, 6.07) is 2.17. The van der Waals surface area contributed by atoms with Crippen LogP contribution in [0.25, 0.3) is 0 Å². The molecular formula is C15H23N3O2. The minimum Gasteiger partial charge on any atom is -0.354 e. The smallest absolute Gasteiger partial charge is 0.240 e. The van der Waals surface area contributed by atoms with Gasteiger partial charge in [-0.05, 0) is 32.1 Å². The monoisotopic (exact) mass is 277 g/mol. The molecule has 0 spiro atoms. The van der Waals surface area contributed by atoms with E-state index in [1.165, 1.54) is 6.42 Å². The summed E-state index contributed by atoms with van der Waals surface area (Å²) in [6.45, 7) is 2.03. The molecule has 2 aliphatic rings. The van der Waals surface area contributed by atoms with E-state index in [2.05, 4.69) is 11.4 Å². The van der Waals surface area contributed by atoms with Gasteiger partial charge in [0.2, 0.25) is 11.8 Å². The highest BCUT2D eigenvalue weighted by Crippen LogP contribution is 2.37. The Morgan fingerprint density at radius 1 is 1.10 bits per heavy atom. The molecule has 1 saturated carbocycles. The van der Waals surface area contributed by atoms with Crippen LogP contribution in [-0.4, -0.2) is 36.3 Å². The van der Waals surface area contributed by atoms with E-state index >= 15 is 0 Å². The van der Waals surface area contributed by atoms with E-state index in [4.69, 9.17) is 0 Å². The molecule has 0 bridgehead atoms. The number of carbonyl (C=O) groups is 2. The van der Waals surface area contributed by atoms with Crippen molar-refractivity contribution in [3.8, 4) is 6.07 Å². The number of nitrogens with one attached hydrogen (secondary N) is 1. The highest BCUT2D eigenvalue weighted by molar-refractivity contribution is 5.86. The average Bonchev–Trinajstić information content (AvgIpc) is 2.98. The summed E-state index contributed by atoms with van der Waals surface area (Å²) in [7, 11) is 0. The SMILES string of the molecule is N#CC1(C(=O)NCCC(=O)N2CCCCC2)CCCC1. The van der Waals surface area contributed by atoms with Crippen LogP contribution in [0, 0.1) is 16.7 Å². The van der Waals surface area contributed by atoms with Crippen LogP contribution in [0.4, 0.5) is 0 Å². The van der Waals surface area contributed by atoms with Gasteiger partial charge in [-0.2, -0.15) is 5.26 Å². The zero-order valence-electron chi connectivity index (χ0n) is 12.0. The molecule has 1 saturated heterocycles. The molecule has 0 atom stereocenters. The van der Waals surface area contributed by atoms with Crippen LogP contribution in [0.2, 0.25) is 0 Å². The van der Waals surface area contributed by atoms with Crippen molar-refractivity contribution >= 4 is 11.8 Å². The summed E-state index contributed by atoms with van der Waals surface area (Å²) in [6.07, 6.45) is 6.87. The fourth-order valence-electron chi connectivity index (χ4n) is 3.12. The molecule has 1 heterocycles. The highest BCUT2D eigenvalue weighted by atomic mass is 16.2. The van der Waals surface area contributed by atoms with E-state index in [9.17, 15) is 14.9 Å². The topological polar surface area (TPSA) is 73.2 Å². The third-order valence-electron chi connectivity index (χ3n) is 4.44. The Bertz CT molecular complexity index is 402. The molecule has 0 unspecified atom stereocenters. The third kappa shape index (κ3) is 3.30. The number of piperidine rings is 1. The number of hydrogen-bond acceptors (Lipinski definition) is 3. The molecule has 1 aliphatic heterocycles. The van der Waals surface area contributed by atoms with Crippen LogP contribution in [0.3, 0.4) is 0 Å². The van der Waals surface area contributed by atoms with Crippen LogP contribution in [0.15, 0.2) is 0 Å². The Balaban J connectivity index is 1.73. The molecule has 1 N–H and O–H groups in total. The highest BCUT2D eigenvalue weighted by Gasteiger charge is 2.41. The summed E-state index contributed by atoms with van der Waals surface area (Å²) >= 11 is 0. The fraction of sp³-hybridized carbons (Fsp3) is 0.800. The molecule has 0 aromatic rings. The predicted octanol–water partition coefficient (Wildman–Crippen LogP) is 1.59. The Labute approximate surface area is 120 Å². The van der Waals surface area contributed by atoms with Crippen LogP contribution < -0.4 is 5.32 Å². The molecule has 1 aliphatic carbocycles. The number of nitriles is 1. The average molecular weight is 277 g/mol. The van der Waals surface area contributed by atoms with Gasteiger partial charge in [-0.25, -0.2) is 0 Å². The second-order valence-corrected chi connectivity index (χ2v) is 5.85. The van der Waals surface area contributed by atoms with Crippen molar-refractivity contribution < 1.29 is 9.59 Å². The Hall–Kier alpha value is -1.57. The van der Waals surface area contributed by atoms with Gasteiger partial charge in [-0.3, -0.25) is 9.59 Å². The maximum atomic E-state index is 12.1. The number of likely N-dealkylation sites (tertiary alicyclic amines) is 1. The third-order valence-corrected chi connectivity index (χ3v) is 4.44. The first kappa shape index (κ1) is 14.8. The van der Waals surface area contributed by atoms with Gasteiger partial charge in [0.25, 0.3) is 0 Å². The predicted molar refractivity (Wildman–Crippen MR) is 74.6 cm³/mol. The molecule has 20 heavy (non-hydrogen) atoms. The molecule has 0 aromatic carbocycles. The Kier molecular flexibility index (Phi) is 4.99. The molecule has 5 heteroatoms. The second-order valence-electron chi connectivity index (χ2n) is 5.85. The summed E-state index contributed by atoms with van der Waals surface area (Å²) in [5.41, 5.74) is -0.839. The van der Waals surface area contributed by atoms with Crippen molar-refractivity contribution in [1.29, 1.82) is 5.26 Å². The van der Waals surface area contributed by atoms with E-state index in [0.717, 1.165) is 38.8 Å². The lowest BCUT2D eigenvalue weighted by molar-refractivity contribution is -0.132. The molecule has 110 valence electrons. The fourth-order valence-corrected chi connectivity index (χ4v) is 3.12.